The molecule has 0 atom stereocenters. The Bertz CT molecular complexity index is 1230. The molecule has 2 saturated carbocycles. The molecule has 0 unspecified atom stereocenters. The van der Waals surface area contributed by atoms with Crippen molar-refractivity contribution in [3.05, 3.63) is 63.8 Å². The zero-order chi connectivity index (χ0) is 23.1. The standard InChI is InChI=1S/C24H22Cl2N4O3/c25-17-5-2-6-18(26)22(17)23(32)27-15-9-10-16(21(31)11-15)19-12-20(13-3-1-4-13)30(29-19)24(33)28-14-7-8-14/h2,5-6,9-14,31H,1,3-4,7-8H2,(H,27,32)(H,28,33). The number of aromatic hydroxyl groups is 1. The van der Waals surface area contributed by atoms with E-state index in [4.69, 9.17) is 23.2 Å². The molecule has 0 bridgehead atoms. The lowest BCUT2D eigenvalue weighted by Crippen LogP contribution is -2.33. The van der Waals surface area contributed by atoms with E-state index in [1.807, 2.05) is 6.07 Å². The molecule has 2 aliphatic rings. The zero-order valence-electron chi connectivity index (χ0n) is 17.6. The number of hydrogen-bond acceptors (Lipinski definition) is 4. The topological polar surface area (TPSA) is 96.3 Å². The summed E-state index contributed by atoms with van der Waals surface area (Å²) >= 11 is 12.2. The number of carbonyl (C=O) groups is 2. The van der Waals surface area contributed by atoms with Gasteiger partial charge in [-0.15, -0.1) is 0 Å². The SMILES string of the molecule is O=C(Nc1ccc(-c2cc(C3CCC3)n(C(=O)NC3CC3)n2)c(O)c1)c1c(Cl)cccc1Cl. The van der Waals surface area contributed by atoms with E-state index in [1.54, 1.807) is 30.3 Å². The molecule has 170 valence electrons. The summed E-state index contributed by atoms with van der Waals surface area (Å²) in [7, 11) is 0. The Balaban J connectivity index is 1.40. The van der Waals surface area contributed by atoms with Crippen LogP contribution in [0.25, 0.3) is 11.3 Å². The second-order valence-electron chi connectivity index (χ2n) is 8.50. The Labute approximate surface area is 200 Å². The summed E-state index contributed by atoms with van der Waals surface area (Å²) in [6.07, 6.45) is 5.15. The molecule has 0 spiro atoms. The average Bonchev–Trinajstić information content (AvgIpc) is 3.43. The van der Waals surface area contributed by atoms with E-state index in [9.17, 15) is 14.7 Å². The van der Waals surface area contributed by atoms with Crippen LogP contribution >= 0.6 is 23.2 Å². The maximum Gasteiger partial charge on any atom is 0.342 e. The van der Waals surface area contributed by atoms with Gasteiger partial charge in [0.05, 0.1) is 27.0 Å². The molecule has 2 aromatic carbocycles. The smallest absolute Gasteiger partial charge is 0.342 e. The van der Waals surface area contributed by atoms with Gasteiger partial charge in [-0.1, -0.05) is 35.7 Å². The Kier molecular flexibility index (Phi) is 5.76. The number of anilines is 1. The van der Waals surface area contributed by atoms with Crippen LogP contribution in [-0.2, 0) is 0 Å². The minimum Gasteiger partial charge on any atom is -0.507 e. The molecule has 2 fully saturated rings. The molecule has 3 N–H and O–H groups in total. The molecule has 2 aliphatic carbocycles. The fourth-order valence-electron chi connectivity index (χ4n) is 3.88. The molecule has 5 rings (SSSR count). The number of nitrogens with zero attached hydrogens (tertiary/aromatic N) is 2. The first kappa shape index (κ1) is 21.8. The van der Waals surface area contributed by atoms with Gasteiger partial charge in [0.25, 0.3) is 5.91 Å². The highest BCUT2D eigenvalue weighted by atomic mass is 35.5. The fourth-order valence-corrected chi connectivity index (χ4v) is 4.45. The van der Waals surface area contributed by atoms with Crippen LogP contribution in [-0.4, -0.2) is 32.9 Å². The monoisotopic (exact) mass is 484 g/mol. The molecular weight excluding hydrogens is 463 g/mol. The van der Waals surface area contributed by atoms with Crippen molar-refractivity contribution in [2.24, 2.45) is 0 Å². The van der Waals surface area contributed by atoms with Crippen LogP contribution < -0.4 is 10.6 Å². The normalized spacial score (nSPS) is 15.7. The van der Waals surface area contributed by atoms with E-state index in [1.165, 1.54) is 10.7 Å². The lowest BCUT2D eigenvalue weighted by molar-refractivity contribution is 0.102. The van der Waals surface area contributed by atoms with Crippen molar-refractivity contribution < 1.29 is 14.7 Å². The number of phenols is 1. The quantitative estimate of drug-likeness (QED) is 0.426. The van der Waals surface area contributed by atoms with Gasteiger partial charge in [-0.3, -0.25) is 4.79 Å². The van der Waals surface area contributed by atoms with E-state index in [0.29, 0.717) is 16.9 Å². The predicted molar refractivity (Wildman–Crippen MR) is 127 cm³/mol. The van der Waals surface area contributed by atoms with Crippen LogP contribution in [0.1, 0.15) is 54.1 Å². The Morgan fingerprint density at radius 3 is 2.36 bits per heavy atom. The summed E-state index contributed by atoms with van der Waals surface area (Å²) < 4.78 is 1.44. The van der Waals surface area contributed by atoms with Crippen LogP contribution in [0.4, 0.5) is 10.5 Å². The highest BCUT2D eigenvalue weighted by Gasteiger charge is 2.30. The molecule has 1 heterocycles. The number of carbonyl (C=O) groups excluding carboxylic acids is 2. The minimum atomic E-state index is -0.481. The van der Waals surface area contributed by atoms with Gasteiger partial charge in [-0.05, 0) is 56.0 Å². The maximum absolute atomic E-state index is 12.7. The Morgan fingerprint density at radius 1 is 1.03 bits per heavy atom. The van der Waals surface area contributed by atoms with Gasteiger partial charge in [-0.25, -0.2) is 4.79 Å². The van der Waals surface area contributed by atoms with E-state index in [-0.39, 0.29) is 39.3 Å². The number of halogens is 2. The second kappa shape index (κ2) is 8.72. The Morgan fingerprint density at radius 2 is 1.76 bits per heavy atom. The average molecular weight is 485 g/mol. The lowest BCUT2D eigenvalue weighted by atomic mass is 9.82. The van der Waals surface area contributed by atoms with E-state index >= 15 is 0 Å². The predicted octanol–water partition coefficient (Wildman–Crippen LogP) is 5.80. The van der Waals surface area contributed by atoms with E-state index < -0.39 is 5.91 Å². The molecule has 33 heavy (non-hydrogen) atoms. The molecule has 9 heteroatoms. The van der Waals surface area contributed by atoms with E-state index in [0.717, 1.165) is 37.8 Å². The third kappa shape index (κ3) is 4.43. The molecule has 1 aromatic heterocycles. The van der Waals surface area contributed by atoms with Crippen LogP contribution in [0.3, 0.4) is 0 Å². The third-order valence-electron chi connectivity index (χ3n) is 6.08. The molecular formula is C24H22Cl2N4O3. The molecule has 0 saturated heterocycles. The van der Waals surface area contributed by atoms with Crippen molar-refractivity contribution >= 4 is 40.8 Å². The van der Waals surface area contributed by atoms with Crippen molar-refractivity contribution in [2.75, 3.05) is 5.32 Å². The van der Waals surface area contributed by atoms with Crippen LogP contribution in [0, 0.1) is 0 Å². The summed E-state index contributed by atoms with van der Waals surface area (Å²) in [5.41, 5.74) is 2.38. The summed E-state index contributed by atoms with van der Waals surface area (Å²) in [5, 5.41) is 21.3. The first-order valence-corrected chi connectivity index (χ1v) is 11.7. The first-order valence-electron chi connectivity index (χ1n) is 10.9. The first-order chi connectivity index (χ1) is 15.9. The summed E-state index contributed by atoms with van der Waals surface area (Å²) in [6, 6.07) is 11.4. The highest BCUT2D eigenvalue weighted by molar-refractivity contribution is 6.40. The van der Waals surface area contributed by atoms with Gasteiger partial charge in [0.1, 0.15) is 5.75 Å². The molecule has 0 aliphatic heterocycles. The summed E-state index contributed by atoms with van der Waals surface area (Å²) in [6.45, 7) is 0. The number of aromatic nitrogens is 2. The minimum absolute atomic E-state index is 0.0644. The van der Waals surface area contributed by atoms with Gasteiger partial charge in [0.15, 0.2) is 0 Å². The number of benzene rings is 2. The van der Waals surface area contributed by atoms with Crippen molar-refractivity contribution in [2.45, 2.75) is 44.1 Å². The largest absolute Gasteiger partial charge is 0.507 e. The number of nitrogens with one attached hydrogen (secondary N) is 2. The summed E-state index contributed by atoms with van der Waals surface area (Å²) in [4.78, 5) is 25.3. The number of hydrogen-bond donors (Lipinski definition) is 3. The molecule has 7 nitrogen and oxygen atoms in total. The van der Waals surface area contributed by atoms with Gasteiger partial charge in [-0.2, -0.15) is 9.78 Å². The molecule has 0 radical (unpaired) electrons. The Hall–Kier alpha value is -3.03. The van der Waals surface area contributed by atoms with Crippen molar-refractivity contribution in [1.82, 2.24) is 15.1 Å². The van der Waals surface area contributed by atoms with Gasteiger partial charge in [0, 0.05) is 29.3 Å². The van der Waals surface area contributed by atoms with E-state index in [2.05, 4.69) is 15.7 Å². The van der Waals surface area contributed by atoms with Gasteiger partial charge in [0.2, 0.25) is 0 Å². The molecule has 2 amide bonds. The number of phenolic OH excluding ortho intramolecular Hbond substituents is 1. The van der Waals surface area contributed by atoms with Crippen molar-refractivity contribution in [3.63, 3.8) is 0 Å². The lowest BCUT2D eigenvalue weighted by Gasteiger charge is -2.25. The van der Waals surface area contributed by atoms with Gasteiger partial charge >= 0.3 is 6.03 Å². The highest BCUT2D eigenvalue weighted by Crippen LogP contribution is 2.39. The molecule has 3 aromatic rings. The second-order valence-corrected chi connectivity index (χ2v) is 9.31. The van der Waals surface area contributed by atoms with Crippen LogP contribution in [0.5, 0.6) is 5.75 Å². The zero-order valence-corrected chi connectivity index (χ0v) is 19.2. The van der Waals surface area contributed by atoms with Crippen LogP contribution in [0.15, 0.2) is 42.5 Å². The maximum atomic E-state index is 12.7. The number of amides is 2. The van der Waals surface area contributed by atoms with Crippen molar-refractivity contribution in [3.8, 4) is 17.0 Å². The van der Waals surface area contributed by atoms with Crippen molar-refractivity contribution in [1.29, 1.82) is 0 Å². The van der Waals surface area contributed by atoms with Crippen LogP contribution in [0.2, 0.25) is 10.0 Å². The summed E-state index contributed by atoms with van der Waals surface area (Å²) in [5.74, 6) is -0.256. The number of rotatable bonds is 5. The third-order valence-corrected chi connectivity index (χ3v) is 6.71. The fraction of sp³-hybridized carbons (Fsp3) is 0.292. The van der Waals surface area contributed by atoms with Gasteiger partial charge < -0.3 is 15.7 Å².